The Labute approximate surface area is 159 Å². The smallest absolute Gasteiger partial charge is 0.298 e. The number of Topliss-reactive ketones (excluding diaryl/α,β-unsaturated/α-hetero) is 1. The van der Waals surface area contributed by atoms with Crippen LogP contribution in [0.25, 0.3) is 0 Å². The molecule has 1 heterocycles. The summed E-state index contributed by atoms with van der Waals surface area (Å²) in [6.45, 7) is 0.702. The fourth-order valence-corrected chi connectivity index (χ4v) is 5.47. The lowest BCUT2D eigenvalue weighted by Crippen LogP contribution is -2.50. The van der Waals surface area contributed by atoms with Crippen molar-refractivity contribution in [2.24, 2.45) is 17.6 Å². The van der Waals surface area contributed by atoms with E-state index in [-0.39, 0.29) is 24.3 Å². The minimum Gasteiger partial charge on any atom is -0.368 e. The van der Waals surface area contributed by atoms with Crippen LogP contribution in [0.2, 0.25) is 0 Å². The molecule has 0 saturated carbocycles. The van der Waals surface area contributed by atoms with Crippen molar-refractivity contribution >= 4 is 32.6 Å². The lowest BCUT2D eigenvalue weighted by Gasteiger charge is -2.35. The second-order valence-corrected chi connectivity index (χ2v) is 8.87. The van der Waals surface area contributed by atoms with Gasteiger partial charge in [-0.2, -0.15) is 8.42 Å². The number of thiol groups is 1. The molecule has 0 amide bonds. The van der Waals surface area contributed by atoms with E-state index in [4.69, 9.17) is 11.1 Å². The molecule has 12 heteroatoms. The molecular formula is C15H22N4O6S2. The molecule has 0 bridgehead atoms. The Morgan fingerprint density at radius 1 is 1.37 bits per heavy atom. The van der Waals surface area contributed by atoms with Gasteiger partial charge in [-0.25, -0.2) is 13.9 Å². The van der Waals surface area contributed by atoms with Crippen LogP contribution >= 0.6 is 0 Å². The molecule has 10 nitrogen and oxygen atoms in total. The van der Waals surface area contributed by atoms with Crippen molar-refractivity contribution in [3.05, 3.63) is 35.9 Å². The Bertz CT molecular complexity index is 848. The highest BCUT2D eigenvalue weighted by Gasteiger charge is 2.45. The molecule has 27 heavy (non-hydrogen) atoms. The maximum absolute atomic E-state index is 13.0. The molecule has 5 N–H and O–H groups in total. The van der Waals surface area contributed by atoms with E-state index in [2.05, 4.69) is 9.60 Å². The number of guanidine groups is 1. The van der Waals surface area contributed by atoms with Gasteiger partial charge in [0, 0.05) is 5.56 Å². The number of benzene rings is 1. The number of rotatable bonds is 8. The van der Waals surface area contributed by atoms with Crippen LogP contribution in [0.3, 0.4) is 0 Å². The first-order valence-electron chi connectivity index (χ1n) is 8.16. The number of ketones is 1. The third kappa shape index (κ3) is 5.73. The van der Waals surface area contributed by atoms with Crippen LogP contribution in [-0.2, 0) is 25.1 Å². The molecule has 0 radical (unpaired) electrons. The van der Waals surface area contributed by atoms with Gasteiger partial charge < -0.3 is 11.1 Å². The van der Waals surface area contributed by atoms with Gasteiger partial charge in [0.05, 0.1) is 5.75 Å². The van der Waals surface area contributed by atoms with Gasteiger partial charge in [0.25, 0.3) is 10.1 Å². The van der Waals surface area contributed by atoms with E-state index in [0.717, 1.165) is 0 Å². The second-order valence-electron chi connectivity index (χ2n) is 6.17. The minimum atomic E-state index is -4.54. The van der Waals surface area contributed by atoms with Crippen molar-refractivity contribution in [3.8, 4) is 0 Å². The Hall–Kier alpha value is -2.02. The molecule has 1 aromatic rings. The van der Waals surface area contributed by atoms with Gasteiger partial charge in [-0.1, -0.05) is 30.3 Å². The van der Waals surface area contributed by atoms with Crippen molar-refractivity contribution < 1.29 is 25.9 Å². The quantitative estimate of drug-likeness (QED) is 0.115. The lowest BCUT2D eigenvalue weighted by atomic mass is 9.82. The SMILES string of the molecule is N=C(N)NOS(=O)(=O)C(C(=O)c1ccccc1)C1CCNCC1C[SH](=O)=O. The predicted octanol–water partition coefficient (Wildman–Crippen LogP) is -1.18. The number of nitrogens with one attached hydrogen (secondary N) is 3. The summed E-state index contributed by atoms with van der Waals surface area (Å²) in [6.07, 6.45) is 0.278. The molecule has 2 rings (SSSR count). The molecule has 1 fully saturated rings. The Kier molecular flexibility index (Phi) is 7.30. The van der Waals surface area contributed by atoms with Crippen molar-refractivity contribution in [2.75, 3.05) is 18.8 Å². The van der Waals surface area contributed by atoms with E-state index in [1.165, 1.54) is 12.1 Å². The van der Waals surface area contributed by atoms with Crippen molar-refractivity contribution in [2.45, 2.75) is 11.7 Å². The van der Waals surface area contributed by atoms with Gasteiger partial charge in [0.1, 0.15) is 10.7 Å². The van der Waals surface area contributed by atoms with Gasteiger partial charge >= 0.3 is 0 Å². The van der Waals surface area contributed by atoms with E-state index in [1.54, 1.807) is 23.7 Å². The predicted molar refractivity (Wildman–Crippen MR) is 99.3 cm³/mol. The lowest BCUT2D eigenvalue weighted by molar-refractivity contribution is 0.0927. The normalized spacial score (nSPS) is 21.5. The molecule has 1 aromatic carbocycles. The highest BCUT2D eigenvalue weighted by molar-refractivity contribution is 7.88. The minimum absolute atomic E-state index is 0.168. The first-order valence-corrected chi connectivity index (χ1v) is 11.0. The van der Waals surface area contributed by atoms with Crippen LogP contribution in [0, 0.1) is 17.2 Å². The molecule has 0 spiro atoms. The average molecular weight is 418 g/mol. The Morgan fingerprint density at radius 2 is 2.04 bits per heavy atom. The number of hydrogen-bond acceptors (Lipinski definition) is 8. The summed E-state index contributed by atoms with van der Waals surface area (Å²) in [6, 6.07) is 7.84. The monoisotopic (exact) mass is 418 g/mol. The van der Waals surface area contributed by atoms with Gasteiger partial charge in [0.15, 0.2) is 11.0 Å². The van der Waals surface area contributed by atoms with E-state index in [9.17, 15) is 21.6 Å². The number of hydroxylamine groups is 1. The molecule has 1 aliphatic heterocycles. The second kappa shape index (κ2) is 9.26. The summed E-state index contributed by atoms with van der Waals surface area (Å²) in [4.78, 5) is 13.0. The van der Waals surface area contributed by atoms with Gasteiger partial charge in [-0.05, 0) is 31.3 Å². The van der Waals surface area contributed by atoms with E-state index in [1.807, 2.05) is 0 Å². The number of carbonyl (C=O) groups is 1. The topological polar surface area (TPSA) is 169 Å². The summed E-state index contributed by atoms with van der Waals surface area (Å²) in [5.41, 5.74) is 6.99. The maximum atomic E-state index is 13.0. The first kappa shape index (κ1) is 21.3. The molecule has 0 aliphatic carbocycles. The van der Waals surface area contributed by atoms with Crippen LogP contribution in [0.15, 0.2) is 30.3 Å². The Morgan fingerprint density at radius 3 is 2.63 bits per heavy atom. The van der Waals surface area contributed by atoms with Crippen LogP contribution in [-0.4, -0.2) is 52.7 Å². The van der Waals surface area contributed by atoms with E-state index in [0.29, 0.717) is 6.54 Å². The number of carbonyl (C=O) groups excluding carboxylic acids is 1. The van der Waals surface area contributed by atoms with Crippen molar-refractivity contribution in [3.63, 3.8) is 0 Å². The van der Waals surface area contributed by atoms with Gasteiger partial charge in [-0.3, -0.25) is 10.2 Å². The summed E-state index contributed by atoms with van der Waals surface area (Å²) in [5, 5.41) is 8.46. The molecule has 1 aliphatic rings. The third-order valence-electron chi connectivity index (χ3n) is 4.33. The molecule has 3 unspecified atom stereocenters. The molecule has 1 saturated heterocycles. The summed E-state index contributed by atoms with van der Waals surface area (Å²) in [7, 11) is -7.30. The van der Waals surface area contributed by atoms with Crippen molar-refractivity contribution in [1.82, 2.24) is 10.8 Å². The fourth-order valence-electron chi connectivity index (χ4n) is 3.19. The molecule has 150 valence electrons. The first-order chi connectivity index (χ1) is 12.7. The van der Waals surface area contributed by atoms with Gasteiger partial charge in [-0.15, -0.1) is 4.28 Å². The summed E-state index contributed by atoms with van der Waals surface area (Å²) >= 11 is 0. The highest BCUT2D eigenvalue weighted by Crippen LogP contribution is 2.30. The zero-order chi connectivity index (χ0) is 20.0. The van der Waals surface area contributed by atoms with Crippen LogP contribution in [0.1, 0.15) is 16.8 Å². The van der Waals surface area contributed by atoms with Gasteiger partial charge in [0.2, 0.25) is 5.96 Å². The maximum Gasteiger partial charge on any atom is 0.298 e. The number of nitrogens with two attached hydrogens (primary N) is 1. The fraction of sp³-hybridized carbons (Fsp3) is 0.467. The van der Waals surface area contributed by atoms with Crippen LogP contribution < -0.4 is 16.5 Å². The zero-order valence-electron chi connectivity index (χ0n) is 14.3. The molecule has 3 atom stereocenters. The Balaban J connectivity index is 2.44. The average Bonchev–Trinajstić information content (AvgIpc) is 2.62. The summed E-state index contributed by atoms with van der Waals surface area (Å²) < 4.78 is 52.5. The highest BCUT2D eigenvalue weighted by atomic mass is 32.2. The molecular weight excluding hydrogens is 396 g/mol. The largest absolute Gasteiger partial charge is 0.368 e. The standard InChI is InChI=1S/C15H22N4O6S2/c16-15(17)19-25-27(23,24)14(13(20)10-4-2-1-3-5-10)12-6-7-18-8-11(12)9-26(21)22/h1-5,11-12,14,18,26H,6-9H2,(H4,16,17,19). The van der Waals surface area contributed by atoms with Crippen LogP contribution in [0.5, 0.6) is 0 Å². The van der Waals surface area contributed by atoms with Crippen molar-refractivity contribution in [1.29, 1.82) is 5.41 Å². The van der Waals surface area contributed by atoms with E-state index >= 15 is 0 Å². The van der Waals surface area contributed by atoms with Crippen LogP contribution in [0.4, 0.5) is 0 Å². The number of piperidine rings is 1. The molecule has 0 aromatic heterocycles. The van der Waals surface area contributed by atoms with E-state index < -0.39 is 49.7 Å². The summed E-state index contributed by atoms with van der Waals surface area (Å²) in [5.74, 6) is -3.03. The number of hydrogen-bond donors (Lipinski definition) is 5. The zero-order valence-corrected chi connectivity index (χ0v) is 16.0. The third-order valence-corrected chi connectivity index (χ3v) is 6.60.